The van der Waals surface area contributed by atoms with E-state index in [1.54, 1.807) is 10.6 Å². The molecule has 0 aliphatic carbocycles. The van der Waals surface area contributed by atoms with Gasteiger partial charge in [-0.1, -0.05) is 12.5 Å². The van der Waals surface area contributed by atoms with Gasteiger partial charge in [0.2, 0.25) is 35.4 Å². The van der Waals surface area contributed by atoms with Crippen LogP contribution in [0, 0.1) is 0 Å². The topological polar surface area (TPSA) is 527 Å². The first-order valence-corrected chi connectivity index (χ1v) is 19.6. The Bertz CT molecular complexity index is 1930. The lowest BCUT2D eigenvalue weighted by molar-refractivity contribution is -0.157. The van der Waals surface area contributed by atoms with Crippen molar-refractivity contribution < 1.29 is 93.9 Å². The molecule has 66 heavy (non-hydrogen) atoms. The number of nitrogens with one attached hydrogen (secondary N) is 7. The molecule has 0 aliphatic heterocycles. The number of benzene rings is 1. The van der Waals surface area contributed by atoms with Crippen LogP contribution in [-0.2, 0) is 43.2 Å². The fraction of sp³-hybridized carbons (Fsp3) is 0.528. The number of para-hydroxylation sites is 1. The number of carboxylic acid groups (broad SMARTS) is 3. The maximum Gasteiger partial charge on any atom is 0.335 e. The average molecular weight is 946 g/mol. The molecule has 8 atom stereocenters. The van der Waals surface area contributed by atoms with Crippen LogP contribution in [0.5, 0.6) is 11.5 Å². The Kier molecular flexibility index (Phi) is 24.4. The number of nitrogens with zero attached hydrogens (tertiary/aromatic N) is 1. The van der Waals surface area contributed by atoms with Gasteiger partial charge >= 0.3 is 17.9 Å². The quantitative estimate of drug-likeness (QED) is 0.0147. The summed E-state index contributed by atoms with van der Waals surface area (Å²) in [5.74, 6) is -15.6. The molecule has 1 aromatic rings. The molecule has 0 spiro atoms. The Morgan fingerprint density at radius 2 is 1.21 bits per heavy atom. The van der Waals surface area contributed by atoms with Crippen molar-refractivity contribution in [2.45, 2.75) is 87.0 Å². The van der Waals surface area contributed by atoms with E-state index in [1.807, 2.05) is 5.32 Å². The van der Waals surface area contributed by atoms with Crippen molar-refractivity contribution in [3.63, 3.8) is 0 Å². The minimum Gasteiger partial charge on any atom is -0.504 e. The van der Waals surface area contributed by atoms with E-state index in [1.165, 1.54) is 18.2 Å². The van der Waals surface area contributed by atoms with Crippen LogP contribution in [-0.4, -0.2) is 192 Å². The molecule has 0 saturated carbocycles. The SMILES string of the molecule is NC(N)=NCCC[C@H](NC(=O)CNC(=O)[C@H](CO)NC(=O)C[C@@H](O)[C@H](N)CCCCNC(=O)c1cccc(O)c1O)C(=O)N[C@H](C(=O)NCC(=O)N[C@H](C(=O)O)[C@@H](O)C(=O)O)[C@@H](O)C(=O)O. The molecule has 30 nitrogen and oxygen atoms in total. The van der Waals surface area contributed by atoms with E-state index in [-0.39, 0.29) is 43.9 Å². The van der Waals surface area contributed by atoms with Crippen LogP contribution in [0.3, 0.4) is 0 Å². The summed E-state index contributed by atoms with van der Waals surface area (Å²) in [5.41, 5.74) is 16.4. The zero-order chi connectivity index (χ0) is 50.3. The Morgan fingerprint density at radius 1 is 0.636 bits per heavy atom. The third-order valence-electron chi connectivity index (χ3n) is 8.98. The van der Waals surface area contributed by atoms with Gasteiger partial charge in [0.1, 0.15) is 18.1 Å². The van der Waals surface area contributed by atoms with Crippen molar-refractivity contribution in [2.75, 3.05) is 32.8 Å². The number of phenolic OH excluding ortho intramolecular Hbond substituents is 2. The van der Waals surface area contributed by atoms with Crippen LogP contribution < -0.4 is 54.4 Å². The molecule has 7 amide bonds. The van der Waals surface area contributed by atoms with Crippen LogP contribution in [0.2, 0.25) is 0 Å². The highest BCUT2D eigenvalue weighted by Crippen LogP contribution is 2.27. The molecule has 0 radical (unpaired) electrons. The third-order valence-corrected chi connectivity index (χ3v) is 8.98. The lowest BCUT2D eigenvalue weighted by Gasteiger charge is -2.25. The highest BCUT2D eigenvalue weighted by atomic mass is 16.4. The molecule has 1 rings (SSSR count). The number of rotatable bonds is 30. The molecule has 0 aliphatic rings. The van der Waals surface area contributed by atoms with Crippen molar-refractivity contribution in [1.29, 1.82) is 0 Å². The zero-order valence-electron chi connectivity index (χ0n) is 34.9. The largest absolute Gasteiger partial charge is 0.504 e. The number of aliphatic hydroxyl groups is 4. The predicted octanol–water partition coefficient (Wildman–Crippen LogP) is -8.73. The number of hydrogen-bond acceptors (Lipinski definition) is 18. The van der Waals surface area contributed by atoms with Crippen molar-refractivity contribution in [3.8, 4) is 11.5 Å². The third kappa shape index (κ3) is 20.0. The number of aliphatic hydroxyl groups excluding tert-OH is 4. The lowest BCUT2D eigenvalue weighted by atomic mass is 10.0. The number of carboxylic acids is 3. The lowest BCUT2D eigenvalue weighted by Crippen LogP contribution is -2.61. The van der Waals surface area contributed by atoms with Gasteiger partial charge in [0, 0.05) is 19.1 Å². The second kappa shape index (κ2) is 28.4. The summed E-state index contributed by atoms with van der Waals surface area (Å²) in [6, 6.07) is -5.22. The molecule has 0 bridgehead atoms. The first-order chi connectivity index (χ1) is 30.9. The number of unbranched alkanes of at least 4 members (excludes halogenated alkanes) is 1. The Morgan fingerprint density at radius 3 is 1.79 bits per heavy atom. The predicted molar refractivity (Wildman–Crippen MR) is 220 cm³/mol. The van der Waals surface area contributed by atoms with Gasteiger partial charge < -0.3 is 100 Å². The Labute approximate surface area is 373 Å². The maximum absolute atomic E-state index is 13.3. The van der Waals surface area contributed by atoms with E-state index >= 15 is 0 Å². The van der Waals surface area contributed by atoms with Crippen LogP contribution in [0.4, 0.5) is 0 Å². The van der Waals surface area contributed by atoms with E-state index in [9.17, 15) is 83.7 Å². The highest BCUT2D eigenvalue weighted by Gasteiger charge is 2.37. The molecule has 0 saturated heterocycles. The molecule has 0 aromatic heterocycles. The number of nitrogens with two attached hydrogens (primary N) is 3. The molecule has 0 heterocycles. The molecule has 0 fully saturated rings. The minimum atomic E-state index is -2.71. The minimum absolute atomic E-state index is 0.0614. The zero-order valence-corrected chi connectivity index (χ0v) is 34.9. The fourth-order valence-electron chi connectivity index (χ4n) is 5.41. The Balaban J connectivity index is 2.85. The van der Waals surface area contributed by atoms with Crippen molar-refractivity contribution in [3.05, 3.63) is 23.8 Å². The summed E-state index contributed by atoms with van der Waals surface area (Å²) in [6.45, 7) is -3.10. The van der Waals surface area contributed by atoms with Crippen molar-refractivity contribution >= 4 is 65.2 Å². The number of carbonyl (C=O) groups excluding carboxylic acids is 7. The molecule has 368 valence electrons. The second-order valence-electron chi connectivity index (χ2n) is 14.1. The summed E-state index contributed by atoms with van der Waals surface area (Å²) < 4.78 is 0. The van der Waals surface area contributed by atoms with Gasteiger partial charge in [-0.25, -0.2) is 14.4 Å². The first kappa shape index (κ1) is 56.6. The van der Waals surface area contributed by atoms with Crippen LogP contribution in [0.15, 0.2) is 23.2 Å². The van der Waals surface area contributed by atoms with Gasteiger partial charge in [-0.3, -0.25) is 38.6 Å². The number of hydrogen-bond donors (Lipinski definition) is 19. The average Bonchev–Trinajstić information content (AvgIpc) is 3.25. The van der Waals surface area contributed by atoms with Crippen molar-refractivity contribution in [2.24, 2.45) is 22.2 Å². The van der Waals surface area contributed by atoms with E-state index in [4.69, 9.17) is 27.4 Å². The summed E-state index contributed by atoms with van der Waals surface area (Å²) in [4.78, 5) is 127. The monoisotopic (exact) mass is 945 g/mol. The number of amides is 7. The van der Waals surface area contributed by atoms with E-state index in [0.29, 0.717) is 12.8 Å². The van der Waals surface area contributed by atoms with Gasteiger partial charge in [-0.05, 0) is 37.8 Å². The maximum atomic E-state index is 13.3. The normalized spacial score (nSPS) is 14.4. The summed E-state index contributed by atoms with van der Waals surface area (Å²) >= 11 is 0. The van der Waals surface area contributed by atoms with E-state index in [0.717, 1.165) is 0 Å². The molecular formula is C36H55N11O19. The number of guanidine groups is 1. The van der Waals surface area contributed by atoms with E-state index < -0.39 is 145 Å². The van der Waals surface area contributed by atoms with Gasteiger partial charge in [-0.15, -0.1) is 0 Å². The summed E-state index contributed by atoms with van der Waals surface area (Å²) in [6.07, 6.45) is -6.85. The van der Waals surface area contributed by atoms with Crippen molar-refractivity contribution in [1.82, 2.24) is 37.2 Å². The number of aromatic hydroxyl groups is 2. The highest BCUT2D eigenvalue weighted by molar-refractivity contribution is 5.98. The number of aliphatic imine (C=N–C) groups is 1. The standard InChI is InChI=1S/C36H55N11O19/c37-16(6-1-2-9-40-29(57)15-5-3-8-19(49)26(15)54)20(50)11-21(51)45-18(14-48)30(58)42-12-22(52)44-17(7-4-10-41-36(38)39)31(59)47-24(27(55)34(63)64)32(60)43-13-23(53)46-25(33(61)62)28(56)35(65)66/h3,5,8,16-18,20,24-25,27-28,48-50,54-56H,1-2,4,6-7,9-14,37H2,(H,40,57)(H,42,58)(H,43,60)(H,44,52)(H,45,51)(H,46,53)(H,47,59)(H,61,62)(H,63,64)(H,65,66)(H4,38,39,41)/t16-,17+,18+,20-,24+,25+,27-,28-/m1/s1. The first-order valence-electron chi connectivity index (χ1n) is 19.6. The van der Waals surface area contributed by atoms with Crippen LogP contribution in [0.25, 0.3) is 0 Å². The smallest absolute Gasteiger partial charge is 0.335 e. The molecule has 22 N–H and O–H groups in total. The van der Waals surface area contributed by atoms with Gasteiger partial charge in [0.15, 0.2) is 35.7 Å². The van der Waals surface area contributed by atoms with Gasteiger partial charge in [-0.2, -0.15) is 0 Å². The van der Waals surface area contributed by atoms with E-state index in [2.05, 4.69) is 26.3 Å². The molecule has 1 aromatic carbocycles. The molecular weight excluding hydrogens is 890 g/mol. The molecule has 30 heteroatoms. The van der Waals surface area contributed by atoms with Crippen LogP contribution in [0.1, 0.15) is 48.9 Å². The molecule has 0 unspecified atom stereocenters. The summed E-state index contributed by atoms with van der Waals surface area (Å²) in [7, 11) is 0. The van der Waals surface area contributed by atoms with Gasteiger partial charge in [0.25, 0.3) is 5.91 Å². The van der Waals surface area contributed by atoms with Gasteiger partial charge in [0.05, 0.1) is 37.8 Å². The Hall–Kier alpha value is -7.41. The summed E-state index contributed by atoms with van der Waals surface area (Å²) in [5, 5.41) is 101. The van der Waals surface area contributed by atoms with Crippen LogP contribution >= 0.6 is 0 Å². The number of phenols is 2. The fourth-order valence-corrected chi connectivity index (χ4v) is 5.41. The number of carbonyl (C=O) groups is 10. The number of aliphatic carboxylic acids is 3. The second-order valence-corrected chi connectivity index (χ2v) is 14.1.